The van der Waals surface area contributed by atoms with E-state index in [1.807, 2.05) is 0 Å². The highest BCUT2D eigenvalue weighted by atomic mass is 16.6. The van der Waals surface area contributed by atoms with Gasteiger partial charge in [-0.25, -0.2) is 19.2 Å². The zero-order chi connectivity index (χ0) is 47.2. The molecule has 2 saturated heterocycles. The van der Waals surface area contributed by atoms with E-state index in [1.54, 1.807) is 0 Å². The Labute approximate surface area is 389 Å². The van der Waals surface area contributed by atoms with Gasteiger partial charge in [0.25, 0.3) is 0 Å². The van der Waals surface area contributed by atoms with Crippen LogP contribution < -0.4 is 10.6 Å². The normalized spacial score (nSPS) is 18.0. The second-order valence-corrected chi connectivity index (χ2v) is 21.9. The van der Waals surface area contributed by atoms with Crippen LogP contribution in [0.4, 0.5) is 0 Å². The number of hydrogen-bond acceptors (Lipinski definition) is 10. The molecular weight excluding hydrogens is 805 g/mol. The maximum atomic E-state index is 14.7. The second kappa shape index (κ2) is 27.6. The Morgan fingerprint density at radius 2 is 0.703 bits per heavy atom. The number of benzene rings is 1. The SMILES string of the molecule is CCCCCCCCCCCCCOC(=O)c1ccc(C(=O)OC2CC(C)(C)NC(C)(C)C2)c(C(=O)OCCCCCCCCCCCCC)c1C(=O)OC1CC(C)(C)NC(C)(C)C1. The molecule has 64 heavy (non-hydrogen) atoms. The van der Waals surface area contributed by atoms with Gasteiger partial charge in [0.1, 0.15) is 12.2 Å². The van der Waals surface area contributed by atoms with Crippen molar-refractivity contribution >= 4 is 23.9 Å². The summed E-state index contributed by atoms with van der Waals surface area (Å²) in [7, 11) is 0. The maximum absolute atomic E-state index is 14.7. The number of unbranched alkanes of at least 4 members (excludes halogenated alkanes) is 20. The minimum atomic E-state index is -0.861. The summed E-state index contributed by atoms with van der Waals surface area (Å²) in [6.45, 7) is 21.3. The van der Waals surface area contributed by atoms with Crippen molar-refractivity contribution in [1.29, 1.82) is 0 Å². The van der Waals surface area contributed by atoms with E-state index in [9.17, 15) is 19.2 Å². The van der Waals surface area contributed by atoms with Gasteiger partial charge in [0.15, 0.2) is 0 Å². The van der Waals surface area contributed by atoms with Gasteiger partial charge in [0.05, 0.1) is 35.5 Å². The summed E-state index contributed by atoms with van der Waals surface area (Å²) >= 11 is 0. The van der Waals surface area contributed by atoms with Crippen molar-refractivity contribution in [2.24, 2.45) is 0 Å². The fourth-order valence-electron chi connectivity index (χ4n) is 10.4. The molecular formula is C54H92N2O8. The molecule has 2 fully saturated rings. The lowest BCUT2D eigenvalue weighted by atomic mass is 9.81. The van der Waals surface area contributed by atoms with Gasteiger partial charge in [-0.3, -0.25) is 0 Å². The fourth-order valence-corrected chi connectivity index (χ4v) is 10.4. The Bertz CT molecular complexity index is 1550. The summed E-state index contributed by atoms with van der Waals surface area (Å²) in [4.78, 5) is 57.4. The lowest BCUT2D eigenvalue weighted by Gasteiger charge is -2.46. The lowest BCUT2D eigenvalue weighted by Crippen LogP contribution is -2.59. The van der Waals surface area contributed by atoms with Crippen LogP contribution in [-0.2, 0) is 18.9 Å². The number of carbonyl (C=O) groups is 4. The van der Waals surface area contributed by atoms with Crippen LogP contribution in [0.25, 0.3) is 0 Å². The van der Waals surface area contributed by atoms with Crippen LogP contribution in [0.15, 0.2) is 12.1 Å². The van der Waals surface area contributed by atoms with Crippen molar-refractivity contribution in [3.63, 3.8) is 0 Å². The Morgan fingerprint density at radius 3 is 1.06 bits per heavy atom. The minimum Gasteiger partial charge on any atom is -0.462 e. The summed E-state index contributed by atoms with van der Waals surface area (Å²) in [6.07, 6.45) is 26.5. The smallest absolute Gasteiger partial charge is 0.340 e. The van der Waals surface area contributed by atoms with Crippen LogP contribution in [0.2, 0.25) is 0 Å². The summed E-state index contributed by atoms with van der Waals surface area (Å²) in [6, 6.07) is 2.81. The Hall–Kier alpha value is -2.98. The predicted molar refractivity (Wildman–Crippen MR) is 259 cm³/mol. The molecule has 1 aromatic rings. The molecule has 2 heterocycles. The molecule has 0 aliphatic carbocycles. The molecule has 0 atom stereocenters. The Balaban J connectivity index is 1.86. The van der Waals surface area contributed by atoms with E-state index >= 15 is 0 Å². The summed E-state index contributed by atoms with van der Waals surface area (Å²) in [5, 5.41) is 7.23. The second-order valence-electron chi connectivity index (χ2n) is 21.9. The molecule has 0 aromatic heterocycles. The van der Waals surface area contributed by atoms with Crippen LogP contribution in [0, 0.1) is 0 Å². The van der Waals surface area contributed by atoms with Gasteiger partial charge < -0.3 is 29.6 Å². The first-order valence-corrected chi connectivity index (χ1v) is 25.8. The largest absolute Gasteiger partial charge is 0.462 e. The molecule has 3 rings (SSSR count). The van der Waals surface area contributed by atoms with Crippen LogP contribution in [0.1, 0.15) is 278 Å². The molecule has 0 spiro atoms. The molecule has 10 heteroatoms. The third-order valence-electron chi connectivity index (χ3n) is 12.9. The monoisotopic (exact) mass is 897 g/mol. The zero-order valence-corrected chi connectivity index (χ0v) is 42.4. The predicted octanol–water partition coefficient (Wildman–Crippen LogP) is 13.6. The minimum absolute atomic E-state index is 0.111. The number of esters is 4. The molecule has 2 aliphatic heterocycles. The van der Waals surface area contributed by atoms with Crippen molar-refractivity contribution in [2.45, 2.75) is 271 Å². The molecule has 2 aliphatic rings. The van der Waals surface area contributed by atoms with Gasteiger partial charge in [-0.1, -0.05) is 142 Å². The van der Waals surface area contributed by atoms with Gasteiger partial charge >= 0.3 is 23.9 Å². The van der Waals surface area contributed by atoms with Gasteiger partial charge in [0.2, 0.25) is 0 Å². The van der Waals surface area contributed by atoms with Gasteiger partial charge in [0, 0.05) is 47.8 Å². The summed E-state index contributed by atoms with van der Waals surface area (Å²) in [5.74, 6) is -3.21. The molecule has 1 aromatic carbocycles. The maximum Gasteiger partial charge on any atom is 0.340 e. The first-order valence-electron chi connectivity index (χ1n) is 25.8. The van der Waals surface area contributed by atoms with Crippen molar-refractivity contribution in [3.8, 4) is 0 Å². The molecule has 366 valence electrons. The van der Waals surface area contributed by atoms with Gasteiger partial charge in [-0.05, 0) is 80.4 Å². The molecule has 0 saturated carbocycles. The van der Waals surface area contributed by atoms with E-state index < -0.39 is 36.1 Å². The standard InChI is InChI=1S/C54H92N2O8/c1-11-13-15-17-19-21-23-25-27-29-31-35-61-47(57)43-33-34-44(48(58)63-41-37-51(3,4)55-52(5,6)38-41)45(46(43)50(60)64-42-39-53(7,8)56-54(9,10)40-42)49(59)62-36-32-30-28-26-24-22-20-18-16-14-12-2/h33-34,41-42,55-56H,11-32,35-40H2,1-10H3. The highest BCUT2D eigenvalue weighted by molar-refractivity contribution is 6.15. The first kappa shape index (κ1) is 55.3. The molecule has 2 N–H and O–H groups in total. The Kier molecular flexibility index (Phi) is 23.9. The quantitative estimate of drug-likeness (QED) is 0.0437. The van der Waals surface area contributed by atoms with E-state index in [0.717, 1.165) is 38.5 Å². The van der Waals surface area contributed by atoms with Crippen molar-refractivity contribution < 1.29 is 38.1 Å². The van der Waals surface area contributed by atoms with Crippen LogP contribution in [0.3, 0.4) is 0 Å². The number of nitrogens with one attached hydrogen (secondary N) is 2. The molecule has 0 bridgehead atoms. The molecule has 0 unspecified atom stereocenters. The van der Waals surface area contributed by atoms with Crippen molar-refractivity contribution in [3.05, 3.63) is 34.4 Å². The van der Waals surface area contributed by atoms with E-state index in [0.29, 0.717) is 38.5 Å². The van der Waals surface area contributed by atoms with Crippen LogP contribution >= 0.6 is 0 Å². The third-order valence-corrected chi connectivity index (χ3v) is 12.9. The molecule has 0 radical (unpaired) electrons. The van der Waals surface area contributed by atoms with Crippen molar-refractivity contribution in [2.75, 3.05) is 13.2 Å². The van der Waals surface area contributed by atoms with Crippen LogP contribution in [0.5, 0.6) is 0 Å². The average Bonchev–Trinajstić information content (AvgIpc) is 3.18. The zero-order valence-electron chi connectivity index (χ0n) is 42.4. The van der Waals surface area contributed by atoms with Gasteiger partial charge in [-0.2, -0.15) is 0 Å². The molecule has 10 nitrogen and oxygen atoms in total. The summed E-state index contributed by atoms with van der Waals surface area (Å²) in [5.41, 5.74) is -2.17. The van der Waals surface area contributed by atoms with Gasteiger partial charge in [-0.15, -0.1) is 0 Å². The fraction of sp³-hybridized carbons (Fsp3) is 0.815. The summed E-state index contributed by atoms with van der Waals surface area (Å²) < 4.78 is 24.1. The number of ether oxygens (including phenoxy) is 4. The number of hydrogen-bond donors (Lipinski definition) is 2. The lowest BCUT2D eigenvalue weighted by molar-refractivity contribution is -0.00708. The highest BCUT2D eigenvalue weighted by Crippen LogP contribution is 2.34. The molecule has 0 amide bonds. The van der Waals surface area contributed by atoms with Crippen molar-refractivity contribution in [1.82, 2.24) is 10.6 Å². The van der Waals surface area contributed by atoms with E-state index in [4.69, 9.17) is 18.9 Å². The van der Waals surface area contributed by atoms with E-state index in [-0.39, 0.29) is 57.6 Å². The first-order chi connectivity index (χ1) is 30.3. The number of rotatable bonds is 30. The van der Waals surface area contributed by atoms with Crippen LogP contribution in [-0.4, -0.2) is 71.5 Å². The van der Waals surface area contributed by atoms with E-state index in [2.05, 4.69) is 79.9 Å². The highest BCUT2D eigenvalue weighted by Gasteiger charge is 2.43. The third kappa shape index (κ3) is 20.7. The number of carbonyl (C=O) groups excluding carboxylic acids is 4. The Morgan fingerprint density at radius 1 is 0.422 bits per heavy atom. The topological polar surface area (TPSA) is 129 Å². The average molecular weight is 897 g/mol. The number of piperidine rings is 2. The van der Waals surface area contributed by atoms with E-state index in [1.165, 1.54) is 102 Å².